The average molecular weight is 621 g/mol. The molecule has 0 aromatic heterocycles. The topological polar surface area (TPSA) is 97.4 Å². The van der Waals surface area contributed by atoms with Gasteiger partial charge < -0.3 is 25.4 Å². The van der Waals surface area contributed by atoms with Crippen LogP contribution in [0.4, 0.5) is 5.69 Å². The minimum atomic E-state index is -1.17. The molecule has 8 heteroatoms. The summed E-state index contributed by atoms with van der Waals surface area (Å²) in [6.07, 6.45) is 3.62. The molecule has 45 heavy (non-hydrogen) atoms. The van der Waals surface area contributed by atoms with Crippen molar-refractivity contribution in [3.8, 4) is 0 Å². The zero-order chi connectivity index (χ0) is 33.1. The molecule has 0 unspecified atom stereocenters. The number of anilines is 1. The number of benzene rings is 1. The van der Waals surface area contributed by atoms with Crippen LogP contribution in [0.5, 0.6) is 0 Å². The molecule has 8 nitrogen and oxygen atoms in total. The van der Waals surface area contributed by atoms with Gasteiger partial charge in [0.05, 0.1) is 27.8 Å². The summed E-state index contributed by atoms with van der Waals surface area (Å²) in [6, 6.07) is 6.57. The number of rotatable bonds is 8. The van der Waals surface area contributed by atoms with E-state index >= 15 is 0 Å². The summed E-state index contributed by atoms with van der Waals surface area (Å²) in [5, 5.41) is 19.9. The zero-order valence-corrected chi connectivity index (χ0v) is 29.2. The molecule has 4 fully saturated rings. The fraction of sp³-hybridized carbons (Fsp3) is 0.730. The van der Waals surface area contributed by atoms with Crippen molar-refractivity contribution in [1.82, 2.24) is 15.1 Å². The Hall–Kier alpha value is -2.10. The summed E-state index contributed by atoms with van der Waals surface area (Å²) in [6.45, 7) is 20.1. The van der Waals surface area contributed by atoms with Gasteiger partial charge in [-0.1, -0.05) is 52.0 Å². The molecule has 3 N–H and O–H groups in total. The van der Waals surface area contributed by atoms with Crippen molar-refractivity contribution in [3.63, 3.8) is 0 Å². The third-order valence-electron chi connectivity index (χ3n) is 13.0. The quantitative estimate of drug-likeness (QED) is 0.219. The summed E-state index contributed by atoms with van der Waals surface area (Å²) < 4.78 is 5.70. The largest absolute Gasteiger partial charge is 0.387 e. The highest BCUT2D eigenvalue weighted by Crippen LogP contribution is 2.69. The second-order valence-electron chi connectivity index (χ2n) is 16.8. The maximum absolute atomic E-state index is 14.4. The number of epoxide rings is 1. The summed E-state index contributed by atoms with van der Waals surface area (Å²) in [5.74, 6) is 0.764. The fourth-order valence-corrected chi connectivity index (χ4v) is 10.8. The molecular formula is C37H56N4O4. The first-order valence-corrected chi connectivity index (χ1v) is 17.1. The molecule has 1 amide bonds. The van der Waals surface area contributed by atoms with E-state index in [1.54, 1.807) is 6.07 Å². The number of likely N-dealkylation sites (N-methyl/N-ethyl adjacent to an activating group) is 2. The number of hydrogen-bond donors (Lipinski definition) is 3. The highest BCUT2D eigenvalue weighted by molar-refractivity contribution is 6.15. The molecule has 1 spiro atoms. The van der Waals surface area contributed by atoms with Crippen molar-refractivity contribution in [2.24, 2.45) is 17.3 Å². The number of aliphatic hydroxyl groups is 1. The molecule has 5 aliphatic rings. The Morgan fingerprint density at radius 1 is 1.22 bits per heavy atom. The van der Waals surface area contributed by atoms with Crippen molar-refractivity contribution in [1.29, 1.82) is 0 Å². The number of hydrogen-bond acceptors (Lipinski definition) is 7. The van der Waals surface area contributed by atoms with Gasteiger partial charge in [0.1, 0.15) is 6.10 Å². The van der Waals surface area contributed by atoms with Crippen LogP contribution in [0, 0.1) is 17.3 Å². The van der Waals surface area contributed by atoms with Gasteiger partial charge in [-0.05, 0) is 97.5 Å². The molecule has 1 aromatic rings. The molecule has 3 saturated heterocycles. The van der Waals surface area contributed by atoms with E-state index < -0.39 is 33.7 Å². The fourth-order valence-electron chi connectivity index (χ4n) is 10.8. The van der Waals surface area contributed by atoms with Crippen LogP contribution in [0.1, 0.15) is 96.5 Å². The van der Waals surface area contributed by atoms with Crippen LogP contribution in [0.25, 0.3) is 0 Å². The lowest BCUT2D eigenvalue weighted by molar-refractivity contribution is -0.174. The molecule has 4 heterocycles. The van der Waals surface area contributed by atoms with E-state index in [4.69, 9.17) is 4.74 Å². The number of Topliss-reactive ketones (excluding diaryl/α,β-unsaturated/α-hetero) is 1. The zero-order valence-electron chi connectivity index (χ0n) is 29.2. The van der Waals surface area contributed by atoms with E-state index in [2.05, 4.69) is 75.7 Å². The molecule has 8 atom stereocenters. The molecule has 0 bridgehead atoms. The average Bonchev–Trinajstić information content (AvgIpc) is 3.42. The lowest BCUT2D eigenvalue weighted by atomic mass is 9.57. The Morgan fingerprint density at radius 3 is 2.47 bits per heavy atom. The van der Waals surface area contributed by atoms with Gasteiger partial charge in [-0.15, -0.1) is 0 Å². The smallest absolute Gasteiger partial charge is 0.235 e. The molecule has 4 aliphatic heterocycles. The number of piperidine rings is 2. The number of ether oxygens (including phenoxy) is 1. The second-order valence-corrected chi connectivity index (χ2v) is 16.8. The second kappa shape index (κ2) is 10.4. The van der Waals surface area contributed by atoms with Crippen molar-refractivity contribution < 1.29 is 19.4 Å². The van der Waals surface area contributed by atoms with Crippen LogP contribution in [0.2, 0.25) is 0 Å². The number of nitrogens with zero attached hydrogens (tertiary/aromatic N) is 2. The Morgan fingerprint density at radius 2 is 1.89 bits per heavy atom. The third kappa shape index (κ3) is 4.42. The molecule has 6 rings (SSSR count). The van der Waals surface area contributed by atoms with Gasteiger partial charge in [-0.3, -0.25) is 14.5 Å². The van der Waals surface area contributed by atoms with Gasteiger partial charge in [-0.2, -0.15) is 0 Å². The first-order chi connectivity index (χ1) is 20.9. The van der Waals surface area contributed by atoms with E-state index in [1.165, 1.54) is 5.57 Å². The van der Waals surface area contributed by atoms with Crippen molar-refractivity contribution in [3.05, 3.63) is 41.5 Å². The normalized spacial score (nSPS) is 38.6. The van der Waals surface area contributed by atoms with Crippen molar-refractivity contribution in [2.75, 3.05) is 33.0 Å². The van der Waals surface area contributed by atoms with E-state index in [0.717, 1.165) is 24.8 Å². The number of amides is 1. The van der Waals surface area contributed by atoms with Gasteiger partial charge in [-0.25, -0.2) is 0 Å². The number of para-hydroxylation sites is 1. The summed E-state index contributed by atoms with van der Waals surface area (Å²) >= 11 is 0. The van der Waals surface area contributed by atoms with Gasteiger partial charge in [0.15, 0.2) is 5.78 Å². The summed E-state index contributed by atoms with van der Waals surface area (Å²) in [4.78, 5) is 32.9. The molecule has 0 radical (unpaired) electrons. The van der Waals surface area contributed by atoms with Gasteiger partial charge in [0.2, 0.25) is 5.91 Å². The van der Waals surface area contributed by atoms with Crippen LogP contribution >= 0.6 is 0 Å². The van der Waals surface area contributed by atoms with Crippen LogP contribution in [-0.4, -0.2) is 95.3 Å². The summed E-state index contributed by atoms with van der Waals surface area (Å²) in [7, 11) is 6.23. The molecular weight excluding hydrogens is 564 g/mol. The van der Waals surface area contributed by atoms with Gasteiger partial charge >= 0.3 is 0 Å². The Balaban J connectivity index is 1.35. The van der Waals surface area contributed by atoms with Crippen LogP contribution in [0.15, 0.2) is 30.4 Å². The first kappa shape index (κ1) is 32.8. The van der Waals surface area contributed by atoms with Crippen LogP contribution in [-0.2, 0) is 14.9 Å². The maximum Gasteiger partial charge on any atom is 0.235 e. The first-order valence-electron chi connectivity index (χ1n) is 17.1. The lowest BCUT2D eigenvalue weighted by Gasteiger charge is -2.60. The minimum Gasteiger partial charge on any atom is -0.387 e. The van der Waals surface area contributed by atoms with Crippen LogP contribution in [0.3, 0.4) is 0 Å². The standard InChI is InChI=1S/C37H56N4O4/c1-21(2)29(40(10)11)22(3)15-24-16-23(4)41-20-35(38-9)19-36(34(7,8)37(35,44)18-25(41)17-24)27-14-12-13-26(28(27)39-32(36)43)30(42)31-33(5,6)45-31/h12-14,21,23-25,29,31,38,44H,3,15-20H2,1-2,4-11H3,(H,39,43)/t23-,24+,25+,29+,31-,35+,36+,37-/m1/s1. The molecule has 1 saturated carbocycles. The van der Waals surface area contributed by atoms with Crippen molar-refractivity contribution in [2.45, 2.75) is 127 Å². The van der Waals surface area contributed by atoms with E-state index in [0.29, 0.717) is 54.6 Å². The number of nitrogens with one attached hydrogen (secondary N) is 2. The number of ketones is 1. The minimum absolute atomic E-state index is 0.1000. The Bertz CT molecular complexity index is 1410. The van der Waals surface area contributed by atoms with Gasteiger partial charge in [0, 0.05) is 35.6 Å². The van der Waals surface area contributed by atoms with Crippen molar-refractivity contribution >= 4 is 17.4 Å². The summed E-state index contributed by atoms with van der Waals surface area (Å²) in [5.41, 5.74) is -0.993. The van der Waals surface area contributed by atoms with Crippen LogP contribution < -0.4 is 10.6 Å². The van der Waals surface area contributed by atoms with Gasteiger partial charge in [0.25, 0.3) is 0 Å². The number of carbonyl (C=O) groups is 2. The molecule has 1 aromatic carbocycles. The van der Waals surface area contributed by atoms with E-state index in [-0.39, 0.29) is 17.7 Å². The van der Waals surface area contributed by atoms with E-state index in [9.17, 15) is 14.7 Å². The Kier molecular flexibility index (Phi) is 7.62. The van der Waals surface area contributed by atoms with E-state index in [1.807, 2.05) is 33.0 Å². The molecule has 1 aliphatic carbocycles. The highest BCUT2D eigenvalue weighted by Gasteiger charge is 2.79. The number of carbonyl (C=O) groups excluding carboxylic acids is 2. The number of fused-ring (bicyclic) bond motifs is 4. The monoisotopic (exact) mass is 620 g/mol. The molecule has 248 valence electrons. The predicted molar refractivity (Wildman–Crippen MR) is 179 cm³/mol. The SMILES string of the molecule is C=C(C[C@@H]1C[C@H]2C[C@@]3(O)C(C)(C)[C@]4(C[C@]3(NC)CN2[C@H](C)C1)C(=O)Nc1c(C(=O)[C@H]2OC2(C)C)cccc14)[C@H](C(C)C)N(C)C. The predicted octanol–water partition coefficient (Wildman–Crippen LogP) is 4.76. The highest BCUT2D eigenvalue weighted by atomic mass is 16.6. The third-order valence-corrected chi connectivity index (χ3v) is 13.0. The Labute approximate surface area is 270 Å². The lowest BCUT2D eigenvalue weighted by Crippen LogP contribution is -2.75. The maximum atomic E-state index is 14.4.